The fourth-order valence-electron chi connectivity index (χ4n) is 1.96. The van der Waals surface area contributed by atoms with Crippen LogP contribution in [0.5, 0.6) is 11.5 Å². The molecule has 1 aromatic rings. The zero-order chi connectivity index (χ0) is 17.6. The Balaban J connectivity index is 2.69. The van der Waals surface area contributed by atoms with Gasteiger partial charge in [-0.1, -0.05) is 6.92 Å². The standard InChI is InChI=1S/C15H21BrN2O5/c1-9(14(19)20)8-18(2)15(21)17-7-10-5-11(16)13(23-4)12(6-10)22-3/h5-6,9H,7-8H2,1-4H3,(H,17,21)(H,19,20). The largest absolute Gasteiger partial charge is 0.493 e. The van der Waals surface area contributed by atoms with Crippen LogP contribution >= 0.6 is 15.9 Å². The summed E-state index contributed by atoms with van der Waals surface area (Å²) in [5.41, 5.74) is 0.822. The average molecular weight is 389 g/mol. The minimum absolute atomic E-state index is 0.136. The summed E-state index contributed by atoms with van der Waals surface area (Å²) in [6, 6.07) is 3.25. The highest BCUT2D eigenvalue weighted by Gasteiger charge is 2.17. The van der Waals surface area contributed by atoms with Crippen molar-refractivity contribution in [2.75, 3.05) is 27.8 Å². The van der Waals surface area contributed by atoms with Crippen molar-refractivity contribution in [3.8, 4) is 11.5 Å². The van der Waals surface area contributed by atoms with Crippen LogP contribution in [0.3, 0.4) is 0 Å². The van der Waals surface area contributed by atoms with Gasteiger partial charge in [0, 0.05) is 20.1 Å². The Morgan fingerprint density at radius 2 is 2.00 bits per heavy atom. The number of hydrogen-bond donors (Lipinski definition) is 2. The topological polar surface area (TPSA) is 88.1 Å². The van der Waals surface area contributed by atoms with Crippen molar-refractivity contribution in [2.24, 2.45) is 5.92 Å². The van der Waals surface area contributed by atoms with E-state index < -0.39 is 11.9 Å². The van der Waals surface area contributed by atoms with E-state index in [1.165, 1.54) is 12.0 Å². The molecule has 0 saturated carbocycles. The number of carbonyl (C=O) groups is 2. The first-order valence-corrected chi connectivity index (χ1v) is 7.71. The Morgan fingerprint density at radius 3 is 2.52 bits per heavy atom. The third kappa shape index (κ3) is 5.31. The number of urea groups is 1. The Labute approximate surface area is 143 Å². The third-order valence-corrected chi connectivity index (χ3v) is 3.84. The van der Waals surface area contributed by atoms with Gasteiger partial charge in [0.2, 0.25) is 0 Å². The van der Waals surface area contributed by atoms with Gasteiger partial charge in [0.05, 0.1) is 24.6 Å². The molecule has 0 fully saturated rings. The fourth-order valence-corrected chi connectivity index (χ4v) is 2.61. The number of ether oxygens (including phenoxy) is 2. The molecule has 0 bridgehead atoms. The lowest BCUT2D eigenvalue weighted by Gasteiger charge is -2.20. The number of nitrogens with one attached hydrogen (secondary N) is 1. The van der Waals surface area contributed by atoms with Gasteiger partial charge in [0.1, 0.15) is 0 Å². The summed E-state index contributed by atoms with van der Waals surface area (Å²) in [4.78, 5) is 24.1. The number of carboxylic acid groups (broad SMARTS) is 1. The van der Waals surface area contributed by atoms with Gasteiger partial charge < -0.3 is 24.8 Å². The van der Waals surface area contributed by atoms with Crippen molar-refractivity contribution in [1.29, 1.82) is 0 Å². The molecule has 0 aliphatic heterocycles. The predicted molar refractivity (Wildman–Crippen MR) is 88.9 cm³/mol. The van der Waals surface area contributed by atoms with Crippen molar-refractivity contribution in [2.45, 2.75) is 13.5 Å². The molecular weight excluding hydrogens is 368 g/mol. The van der Waals surface area contributed by atoms with Crippen LogP contribution < -0.4 is 14.8 Å². The maximum Gasteiger partial charge on any atom is 0.317 e. The highest BCUT2D eigenvalue weighted by molar-refractivity contribution is 9.10. The predicted octanol–water partition coefficient (Wildman–Crippen LogP) is 2.33. The number of aliphatic carboxylic acids is 1. The number of nitrogens with zero attached hydrogens (tertiary/aromatic N) is 1. The summed E-state index contributed by atoms with van der Waals surface area (Å²) < 4.78 is 11.2. The lowest BCUT2D eigenvalue weighted by molar-refractivity contribution is -0.141. The SMILES string of the molecule is COc1cc(CNC(=O)N(C)CC(C)C(=O)O)cc(Br)c1OC. The normalized spacial score (nSPS) is 11.5. The molecule has 0 heterocycles. The van der Waals surface area contributed by atoms with Crippen molar-refractivity contribution in [1.82, 2.24) is 10.2 Å². The summed E-state index contributed by atoms with van der Waals surface area (Å²) in [7, 11) is 4.63. The van der Waals surface area contributed by atoms with Gasteiger partial charge in [0.25, 0.3) is 0 Å². The number of carboxylic acids is 1. The van der Waals surface area contributed by atoms with Crippen LogP contribution in [0.2, 0.25) is 0 Å². The molecule has 1 unspecified atom stereocenters. The molecule has 7 nitrogen and oxygen atoms in total. The number of hydrogen-bond acceptors (Lipinski definition) is 4. The fraction of sp³-hybridized carbons (Fsp3) is 0.467. The van der Waals surface area contributed by atoms with E-state index in [4.69, 9.17) is 14.6 Å². The zero-order valence-corrected chi connectivity index (χ0v) is 15.1. The van der Waals surface area contributed by atoms with Crippen LogP contribution in [0.1, 0.15) is 12.5 Å². The Bertz CT molecular complexity index is 579. The van der Waals surface area contributed by atoms with E-state index in [-0.39, 0.29) is 19.1 Å². The van der Waals surface area contributed by atoms with E-state index in [2.05, 4.69) is 21.2 Å². The second-order valence-corrected chi connectivity index (χ2v) is 5.95. The quantitative estimate of drug-likeness (QED) is 0.748. The number of halogens is 1. The molecule has 0 aliphatic carbocycles. The molecule has 0 aliphatic rings. The van der Waals surface area contributed by atoms with Crippen LogP contribution in [0.15, 0.2) is 16.6 Å². The van der Waals surface area contributed by atoms with E-state index in [1.54, 1.807) is 27.1 Å². The van der Waals surface area contributed by atoms with E-state index in [1.807, 2.05) is 6.07 Å². The molecule has 128 valence electrons. The number of amides is 2. The summed E-state index contributed by atoms with van der Waals surface area (Å²) in [6.07, 6.45) is 0. The van der Waals surface area contributed by atoms with Crippen LogP contribution in [0.4, 0.5) is 4.79 Å². The summed E-state index contributed by atoms with van der Waals surface area (Å²) in [5, 5.41) is 11.6. The lowest BCUT2D eigenvalue weighted by Crippen LogP contribution is -2.40. The molecule has 2 N–H and O–H groups in total. The second kappa shape index (κ2) is 8.61. The van der Waals surface area contributed by atoms with Crippen LogP contribution in [-0.4, -0.2) is 49.8 Å². The maximum absolute atomic E-state index is 12.0. The second-order valence-electron chi connectivity index (χ2n) is 5.09. The molecule has 0 radical (unpaired) electrons. The van der Waals surface area contributed by atoms with Crippen LogP contribution in [-0.2, 0) is 11.3 Å². The molecule has 8 heteroatoms. The van der Waals surface area contributed by atoms with Gasteiger partial charge in [-0.15, -0.1) is 0 Å². The smallest absolute Gasteiger partial charge is 0.317 e. The number of methoxy groups -OCH3 is 2. The molecule has 1 aromatic carbocycles. The molecule has 0 spiro atoms. The molecule has 1 rings (SSSR count). The first-order chi connectivity index (χ1) is 10.8. The summed E-state index contributed by atoms with van der Waals surface area (Å²) in [6.45, 7) is 1.97. The molecule has 1 atom stereocenters. The van der Waals surface area contributed by atoms with Crippen molar-refractivity contribution in [3.05, 3.63) is 22.2 Å². The maximum atomic E-state index is 12.0. The van der Waals surface area contributed by atoms with Crippen LogP contribution in [0, 0.1) is 5.92 Å². The highest BCUT2D eigenvalue weighted by atomic mass is 79.9. The molecule has 2 amide bonds. The first-order valence-electron chi connectivity index (χ1n) is 6.92. The molecule has 23 heavy (non-hydrogen) atoms. The molecular formula is C15H21BrN2O5. The van der Waals surface area contributed by atoms with E-state index in [9.17, 15) is 9.59 Å². The lowest BCUT2D eigenvalue weighted by atomic mass is 10.2. The molecule has 0 saturated heterocycles. The van der Waals surface area contributed by atoms with Crippen molar-refractivity contribution in [3.63, 3.8) is 0 Å². The van der Waals surface area contributed by atoms with Crippen molar-refractivity contribution < 1.29 is 24.2 Å². The zero-order valence-electron chi connectivity index (χ0n) is 13.6. The monoisotopic (exact) mass is 388 g/mol. The number of rotatable bonds is 7. The van der Waals surface area contributed by atoms with Gasteiger partial charge in [-0.25, -0.2) is 4.79 Å². The third-order valence-electron chi connectivity index (χ3n) is 3.25. The number of carbonyl (C=O) groups excluding carboxylic acids is 1. The first kappa shape index (κ1) is 19.1. The highest BCUT2D eigenvalue weighted by Crippen LogP contribution is 2.36. The van der Waals surface area contributed by atoms with Gasteiger partial charge in [-0.3, -0.25) is 4.79 Å². The van der Waals surface area contributed by atoms with Crippen molar-refractivity contribution >= 4 is 27.9 Å². The van der Waals surface area contributed by atoms with E-state index in [0.29, 0.717) is 11.5 Å². The van der Waals surface area contributed by atoms with E-state index >= 15 is 0 Å². The minimum Gasteiger partial charge on any atom is -0.493 e. The Hall–Kier alpha value is -1.96. The van der Waals surface area contributed by atoms with Crippen LogP contribution in [0.25, 0.3) is 0 Å². The van der Waals surface area contributed by atoms with E-state index in [0.717, 1.165) is 10.0 Å². The summed E-state index contributed by atoms with van der Waals surface area (Å²) in [5.74, 6) is -0.427. The summed E-state index contributed by atoms with van der Waals surface area (Å²) >= 11 is 3.39. The van der Waals surface area contributed by atoms with Gasteiger partial charge in [0.15, 0.2) is 11.5 Å². The van der Waals surface area contributed by atoms with Gasteiger partial charge in [-0.2, -0.15) is 0 Å². The van der Waals surface area contributed by atoms with Gasteiger partial charge >= 0.3 is 12.0 Å². The minimum atomic E-state index is -0.937. The van der Waals surface area contributed by atoms with Gasteiger partial charge in [-0.05, 0) is 33.6 Å². The molecule has 0 aromatic heterocycles. The Morgan fingerprint density at radius 1 is 1.35 bits per heavy atom. The number of benzene rings is 1. The average Bonchev–Trinajstić information content (AvgIpc) is 2.51. The Kier molecular flexibility index (Phi) is 7.15.